The number of ketones is 1. The maximum absolute atomic E-state index is 12.9. The van der Waals surface area contributed by atoms with Crippen molar-refractivity contribution in [2.75, 3.05) is 7.05 Å². The number of rotatable bonds is 7. The van der Waals surface area contributed by atoms with Gasteiger partial charge in [0.2, 0.25) is 0 Å². The minimum absolute atomic E-state index is 0.00454. The van der Waals surface area contributed by atoms with E-state index >= 15 is 0 Å². The normalized spacial score (nSPS) is 13.8. The molecule has 0 saturated carbocycles. The molecule has 1 N–H and O–H groups in total. The molecule has 0 spiro atoms. The molecule has 2 atom stereocenters. The summed E-state index contributed by atoms with van der Waals surface area (Å²) in [5.74, 6) is 0.00806. The number of benzene rings is 2. The Morgan fingerprint density at radius 1 is 1.04 bits per heavy atom. The first kappa shape index (κ1) is 17.7. The number of hydrogen-bond acceptors (Lipinski definition) is 3. The molecule has 0 aliphatic heterocycles. The molecule has 3 nitrogen and oxygen atoms in total. The third-order valence-corrected chi connectivity index (χ3v) is 3.82. The van der Waals surface area contributed by atoms with E-state index in [9.17, 15) is 4.79 Å². The van der Waals surface area contributed by atoms with Crippen molar-refractivity contribution >= 4 is 17.4 Å². The lowest BCUT2D eigenvalue weighted by molar-refractivity contribution is -0.0103. The Balaban J connectivity index is 2.35. The average Bonchev–Trinajstić information content (AvgIpc) is 2.55. The molecule has 0 radical (unpaired) electrons. The van der Waals surface area contributed by atoms with Crippen LogP contribution in [0, 0.1) is 0 Å². The molecule has 0 unspecified atom stereocenters. The topological polar surface area (TPSA) is 38.3 Å². The van der Waals surface area contributed by atoms with Gasteiger partial charge < -0.3 is 10.1 Å². The van der Waals surface area contributed by atoms with Gasteiger partial charge in [0.15, 0.2) is 5.78 Å². The molecule has 122 valence electrons. The highest BCUT2D eigenvalue weighted by atomic mass is 35.5. The van der Waals surface area contributed by atoms with Crippen LogP contribution in [0.15, 0.2) is 54.6 Å². The van der Waals surface area contributed by atoms with E-state index in [0.29, 0.717) is 10.6 Å². The van der Waals surface area contributed by atoms with E-state index in [4.69, 9.17) is 16.3 Å². The minimum atomic E-state index is -0.471. The van der Waals surface area contributed by atoms with Crippen LogP contribution in [0.4, 0.5) is 0 Å². The van der Waals surface area contributed by atoms with Crippen LogP contribution < -0.4 is 5.32 Å². The minimum Gasteiger partial charge on any atom is -0.369 e. The molecule has 0 aliphatic carbocycles. The molecule has 0 aliphatic rings. The first-order chi connectivity index (χ1) is 11.0. The number of ether oxygens (including phenoxy) is 1. The van der Waals surface area contributed by atoms with Gasteiger partial charge >= 0.3 is 0 Å². The van der Waals surface area contributed by atoms with E-state index in [1.807, 2.05) is 68.4 Å². The van der Waals surface area contributed by atoms with Gasteiger partial charge in [-0.2, -0.15) is 0 Å². The maximum atomic E-state index is 12.9. The van der Waals surface area contributed by atoms with Gasteiger partial charge in [0.05, 0.1) is 6.10 Å². The average molecular weight is 332 g/mol. The number of carbonyl (C=O) groups excluding carboxylic acids is 1. The maximum Gasteiger partial charge on any atom is 0.182 e. The van der Waals surface area contributed by atoms with Crippen molar-refractivity contribution in [1.29, 1.82) is 0 Å². The summed E-state index contributed by atoms with van der Waals surface area (Å²) in [5.41, 5.74) is 1.59. The molecule has 0 aromatic heterocycles. The Hall–Kier alpha value is -1.68. The van der Waals surface area contributed by atoms with E-state index in [1.54, 1.807) is 7.05 Å². The Morgan fingerprint density at radius 2 is 1.65 bits per heavy atom. The van der Waals surface area contributed by atoms with Crippen molar-refractivity contribution in [2.45, 2.75) is 32.1 Å². The monoisotopic (exact) mass is 331 g/mol. The largest absolute Gasteiger partial charge is 0.369 e. The quantitative estimate of drug-likeness (QED) is 0.770. The molecule has 0 saturated heterocycles. The fraction of sp³-hybridized carbons (Fsp3) is 0.316. The molecule has 0 bridgehead atoms. The molecular formula is C19H22ClNO2. The van der Waals surface area contributed by atoms with Crippen LogP contribution in [0.2, 0.25) is 5.02 Å². The third kappa shape index (κ3) is 4.64. The summed E-state index contributed by atoms with van der Waals surface area (Å²) < 4.78 is 6.05. The smallest absolute Gasteiger partial charge is 0.182 e. The number of nitrogens with one attached hydrogen (secondary N) is 1. The van der Waals surface area contributed by atoms with Crippen LogP contribution in [0.25, 0.3) is 0 Å². The Morgan fingerprint density at radius 3 is 2.17 bits per heavy atom. The zero-order valence-corrected chi connectivity index (χ0v) is 14.4. The molecule has 0 heterocycles. The number of halogens is 1. The number of carbonyl (C=O) groups is 1. The second-order valence-electron chi connectivity index (χ2n) is 5.65. The van der Waals surface area contributed by atoms with Crippen LogP contribution in [-0.4, -0.2) is 25.0 Å². The summed E-state index contributed by atoms with van der Waals surface area (Å²) in [6.45, 7) is 3.92. The van der Waals surface area contributed by atoms with E-state index in [1.165, 1.54) is 0 Å². The SMILES string of the molecule is CN[C@H](C(=O)c1ccccc1)[C@@H](OC(C)C)c1ccc(Cl)cc1. The van der Waals surface area contributed by atoms with Gasteiger partial charge in [-0.15, -0.1) is 0 Å². The van der Waals surface area contributed by atoms with Crippen molar-refractivity contribution in [3.63, 3.8) is 0 Å². The van der Waals surface area contributed by atoms with Crippen LogP contribution in [0.3, 0.4) is 0 Å². The lowest BCUT2D eigenvalue weighted by Gasteiger charge is -2.28. The van der Waals surface area contributed by atoms with Crippen LogP contribution >= 0.6 is 11.6 Å². The van der Waals surface area contributed by atoms with Gasteiger partial charge in [-0.1, -0.05) is 54.1 Å². The molecule has 0 amide bonds. The number of hydrogen-bond donors (Lipinski definition) is 1. The molecule has 23 heavy (non-hydrogen) atoms. The fourth-order valence-corrected chi connectivity index (χ4v) is 2.62. The molecular weight excluding hydrogens is 310 g/mol. The van der Waals surface area contributed by atoms with Crippen molar-refractivity contribution < 1.29 is 9.53 Å². The lowest BCUT2D eigenvalue weighted by Crippen LogP contribution is -2.41. The molecule has 2 aromatic rings. The fourth-order valence-electron chi connectivity index (χ4n) is 2.50. The summed E-state index contributed by atoms with van der Waals surface area (Å²) in [7, 11) is 1.78. The van der Waals surface area contributed by atoms with Gasteiger partial charge in [0.25, 0.3) is 0 Å². The van der Waals surface area contributed by atoms with E-state index in [2.05, 4.69) is 5.32 Å². The van der Waals surface area contributed by atoms with E-state index in [0.717, 1.165) is 5.56 Å². The summed E-state index contributed by atoms with van der Waals surface area (Å²) in [5, 5.41) is 3.77. The highest BCUT2D eigenvalue weighted by molar-refractivity contribution is 6.30. The summed E-state index contributed by atoms with van der Waals surface area (Å²) in [4.78, 5) is 12.9. The first-order valence-electron chi connectivity index (χ1n) is 7.70. The first-order valence-corrected chi connectivity index (χ1v) is 8.08. The van der Waals surface area contributed by atoms with Crippen LogP contribution in [0.1, 0.15) is 35.9 Å². The summed E-state index contributed by atoms with van der Waals surface area (Å²) >= 11 is 5.97. The predicted molar refractivity (Wildman–Crippen MR) is 94.0 cm³/mol. The van der Waals surface area contributed by atoms with Crippen molar-refractivity contribution in [2.24, 2.45) is 0 Å². The van der Waals surface area contributed by atoms with E-state index in [-0.39, 0.29) is 18.0 Å². The van der Waals surface area contributed by atoms with Crippen molar-refractivity contribution in [3.05, 3.63) is 70.7 Å². The molecule has 0 fully saturated rings. The third-order valence-electron chi connectivity index (χ3n) is 3.57. The van der Waals surface area contributed by atoms with Gasteiger partial charge in [0.1, 0.15) is 12.1 Å². The Bertz CT molecular complexity index is 626. The van der Waals surface area contributed by atoms with Gasteiger partial charge in [-0.05, 0) is 38.6 Å². The van der Waals surface area contributed by atoms with Gasteiger partial charge in [-0.3, -0.25) is 4.79 Å². The lowest BCUT2D eigenvalue weighted by atomic mass is 9.94. The predicted octanol–water partition coefficient (Wildman–Crippen LogP) is 4.28. The van der Waals surface area contributed by atoms with Crippen LogP contribution in [0.5, 0.6) is 0 Å². The zero-order chi connectivity index (χ0) is 16.8. The highest BCUT2D eigenvalue weighted by Gasteiger charge is 2.30. The number of Topliss-reactive ketones (excluding diaryl/α,β-unsaturated/α-hetero) is 1. The standard InChI is InChI=1S/C19H22ClNO2/c1-13(2)23-19(15-9-11-16(20)12-10-15)17(21-3)18(22)14-7-5-4-6-8-14/h4-13,17,19,21H,1-3H3/t17-,19+/m1/s1. The second-order valence-corrected chi connectivity index (χ2v) is 6.09. The molecule has 2 rings (SSSR count). The second kappa shape index (κ2) is 8.25. The van der Waals surface area contributed by atoms with Crippen LogP contribution in [-0.2, 0) is 4.74 Å². The zero-order valence-electron chi connectivity index (χ0n) is 13.6. The number of likely N-dealkylation sites (N-methyl/N-ethyl adjacent to an activating group) is 1. The van der Waals surface area contributed by atoms with Gasteiger partial charge in [0, 0.05) is 10.6 Å². The Kier molecular flexibility index (Phi) is 6.34. The highest BCUT2D eigenvalue weighted by Crippen LogP contribution is 2.26. The Labute approximate surface area is 142 Å². The molecule has 2 aromatic carbocycles. The van der Waals surface area contributed by atoms with Crippen molar-refractivity contribution in [1.82, 2.24) is 5.32 Å². The van der Waals surface area contributed by atoms with E-state index < -0.39 is 6.04 Å². The summed E-state index contributed by atoms with van der Waals surface area (Å²) in [6.07, 6.45) is -0.389. The van der Waals surface area contributed by atoms with Crippen molar-refractivity contribution in [3.8, 4) is 0 Å². The van der Waals surface area contributed by atoms with Gasteiger partial charge in [-0.25, -0.2) is 0 Å². The summed E-state index contributed by atoms with van der Waals surface area (Å²) in [6, 6.07) is 16.2. The molecule has 4 heteroatoms.